The third-order valence-electron chi connectivity index (χ3n) is 2.53. The number of nitrogens with two attached hydrogens (primary N) is 1. The van der Waals surface area contributed by atoms with Gasteiger partial charge in [-0.2, -0.15) is 13.2 Å². The van der Waals surface area contributed by atoms with Crippen LogP contribution < -0.4 is 5.73 Å². The third kappa shape index (κ3) is 9.38. The van der Waals surface area contributed by atoms with Crippen LogP contribution in [0.5, 0.6) is 0 Å². The molecule has 0 bridgehead atoms. The number of halogens is 3. The SMILES string of the molecule is CCCN(CCCC(C)(N)CO)CC(F)(F)F. The van der Waals surface area contributed by atoms with E-state index in [2.05, 4.69) is 0 Å². The van der Waals surface area contributed by atoms with Gasteiger partial charge in [-0.05, 0) is 39.3 Å². The fourth-order valence-corrected chi connectivity index (χ4v) is 1.63. The Morgan fingerprint density at radius 1 is 1.24 bits per heavy atom. The van der Waals surface area contributed by atoms with Crippen molar-refractivity contribution in [3.63, 3.8) is 0 Å². The van der Waals surface area contributed by atoms with Crippen LogP contribution in [0.2, 0.25) is 0 Å². The number of rotatable bonds is 8. The molecule has 0 saturated heterocycles. The highest BCUT2D eigenvalue weighted by molar-refractivity contribution is 4.77. The molecule has 104 valence electrons. The van der Waals surface area contributed by atoms with Gasteiger partial charge in [-0.1, -0.05) is 6.92 Å². The molecule has 0 aromatic rings. The molecule has 0 spiro atoms. The molecule has 0 radical (unpaired) electrons. The van der Waals surface area contributed by atoms with Crippen LogP contribution in [-0.4, -0.2) is 48.0 Å². The van der Waals surface area contributed by atoms with Crippen LogP contribution >= 0.6 is 0 Å². The third-order valence-corrected chi connectivity index (χ3v) is 2.53. The molecule has 1 unspecified atom stereocenters. The van der Waals surface area contributed by atoms with E-state index in [1.807, 2.05) is 6.92 Å². The number of aliphatic hydroxyl groups excluding tert-OH is 1. The van der Waals surface area contributed by atoms with Crippen molar-refractivity contribution in [1.82, 2.24) is 4.90 Å². The molecule has 0 heterocycles. The minimum atomic E-state index is -4.15. The van der Waals surface area contributed by atoms with Gasteiger partial charge < -0.3 is 10.8 Å². The Morgan fingerprint density at radius 3 is 2.24 bits per heavy atom. The van der Waals surface area contributed by atoms with Crippen molar-refractivity contribution < 1.29 is 18.3 Å². The van der Waals surface area contributed by atoms with Crippen molar-refractivity contribution in [2.45, 2.75) is 44.8 Å². The van der Waals surface area contributed by atoms with Crippen molar-refractivity contribution in [1.29, 1.82) is 0 Å². The fourth-order valence-electron chi connectivity index (χ4n) is 1.63. The number of nitrogens with zero attached hydrogens (tertiary/aromatic N) is 1. The van der Waals surface area contributed by atoms with Gasteiger partial charge in [0, 0.05) is 5.54 Å². The van der Waals surface area contributed by atoms with Crippen LogP contribution in [0.3, 0.4) is 0 Å². The van der Waals surface area contributed by atoms with E-state index in [0.717, 1.165) is 0 Å². The van der Waals surface area contributed by atoms with Gasteiger partial charge in [0.05, 0.1) is 13.2 Å². The molecule has 0 saturated carbocycles. The van der Waals surface area contributed by atoms with Crippen LogP contribution in [-0.2, 0) is 0 Å². The highest BCUT2D eigenvalue weighted by Gasteiger charge is 2.30. The fraction of sp³-hybridized carbons (Fsp3) is 1.00. The molecular formula is C11H23F3N2O. The topological polar surface area (TPSA) is 49.5 Å². The smallest absolute Gasteiger partial charge is 0.394 e. The van der Waals surface area contributed by atoms with Gasteiger partial charge in [-0.15, -0.1) is 0 Å². The molecule has 17 heavy (non-hydrogen) atoms. The Kier molecular flexibility index (Phi) is 7.04. The number of hydrogen-bond acceptors (Lipinski definition) is 3. The average molecular weight is 256 g/mol. The van der Waals surface area contributed by atoms with E-state index in [1.54, 1.807) is 6.92 Å². The summed E-state index contributed by atoms with van der Waals surface area (Å²) in [6.07, 6.45) is -2.39. The Bertz CT molecular complexity index is 207. The molecule has 0 aliphatic carbocycles. The summed E-state index contributed by atoms with van der Waals surface area (Å²) in [6.45, 7) is 3.31. The maximum atomic E-state index is 12.3. The van der Waals surface area contributed by atoms with Gasteiger partial charge in [-0.3, -0.25) is 4.90 Å². The van der Waals surface area contributed by atoms with E-state index in [1.165, 1.54) is 4.90 Å². The molecule has 0 aromatic carbocycles. The van der Waals surface area contributed by atoms with Gasteiger partial charge in [-0.25, -0.2) is 0 Å². The van der Waals surface area contributed by atoms with E-state index in [0.29, 0.717) is 32.4 Å². The second-order valence-corrected chi connectivity index (χ2v) is 4.81. The minimum absolute atomic E-state index is 0.153. The first-order valence-corrected chi connectivity index (χ1v) is 5.89. The lowest BCUT2D eigenvalue weighted by molar-refractivity contribution is -0.146. The Hall–Kier alpha value is -0.330. The lowest BCUT2D eigenvalue weighted by atomic mass is 9.98. The minimum Gasteiger partial charge on any atom is -0.394 e. The van der Waals surface area contributed by atoms with Gasteiger partial charge in [0.15, 0.2) is 0 Å². The second kappa shape index (κ2) is 7.18. The summed E-state index contributed by atoms with van der Waals surface area (Å²) < 4.78 is 36.8. The van der Waals surface area contributed by atoms with Crippen molar-refractivity contribution in [2.75, 3.05) is 26.2 Å². The molecule has 0 aliphatic rings. The molecule has 3 nitrogen and oxygen atoms in total. The van der Waals surface area contributed by atoms with Crippen LogP contribution in [0.25, 0.3) is 0 Å². The number of hydrogen-bond donors (Lipinski definition) is 2. The van der Waals surface area contributed by atoms with Gasteiger partial charge >= 0.3 is 6.18 Å². The molecule has 6 heteroatoms. The van der Waals surface area contributed by atoms with E-state index in [4.69, 9.17) is 10.8 Å². The van der Waals surface area contributed by atoms with Crippen molar-refractivity contribution in [3.05, 3.63) is 0 Å². The van der Waals surface area contributed by atoms with Crippen LogP contribution in [0.1, 0.15) is 33.1 Å². The zero-order chi connectivity index (χ0) is 13.5. The zero-order valence-corrected chi connectivity index (χ0v) is 10.6. The molecule has 0 fully saturated rings. The van der Waals surface area contributed by atoms with E-state index >= 15 is 0 Å². The summed E-state index contributed by atoms with van der Waals surface area (Å²) in [6, 6.07) is 0. The lowest BCUT2D eigenvalue weighted by Crippen LogP contribution is -2.41. The predicted octanol–water partition coefficient (Wildman–Crippen LogP) is 1.75. The predicted molar refractivity (Wildman–Crippen MR) is 61.7 cm³/mol. The van der Waals surface area contributed by atoms with Crippen LogP contribution in [0.4, 0.5) is 13.2 Å². The van der Waals surface area contributed by atoms with Gasteiger partial charge in [0.1, 0.15) is 0 Å². The van der Waals surface area contributed by atoms with Crippen LogP contribution in [0, 0.1) is 0 Å². The van der Waals surface area contributed by atoms with E-state index < -0.39 is 18.3 Å². The van der Waals surface area contributed by atoms with E-state index in [9.17, 15) is 13.2 Å². The Morgan fingerprint density at radius 2 is 1.82 bits per heavy atom. The quantitative estimate of drug-likeness (QED) is 0.695. The molecule has 1 atom stereocenters. The summed E-state index contributed by atoms with van der Waals surface area (Å²) in [5, 5.41) is 8.93. The van der Waals surface area contributed by atoms with Crippen molar-refractivity contribution in [3.8, 4) is 0 Å². The van der Waals surface area contributed by atoms with Gasteiger partial charge in [0.2, 0.25) is 0 Å². The summed E-state index contributed by atoms with van der Waals surface area (Å²) in [5.41, 5.74) is 5.01. The maximum absolute atomic E-state index is 12.3. The summed E-state index contributed by atoms with van der Waals surface area (Å²) in [4.78, 5) is 1.38. The van der Waals surface area contributed by atoms with Crippen LogP contribution in [0.15, 0.2) is 0 Å². The first-order valence-electron chi connectivity index (χ1n) is 5.89. The highest BCUT2D eigenvalue weighted by Crippen LogP contribution is 2.17. The maximum Gasteiger partial charge on any atom is 0.401 e. The normalized spacial score (nSPS) is 16.2. The van der Waals surface area contributed by atoms with Crippen molar-refractivity contribution in [2.24, 2.45) is 5.73 Å². The highest BCUT2D eigenvalue weighted by atomic mass is 19.4. The Labute approximate surface area is 101 Å². The molecule has 3 N–H and O–H groups in total. The molecule has 0 amide bonds. The molecule has 0 rings (SSSR count). The first kappa shape index (κ1) is 16.7. The summed E-state index contributed by atoms with van der Waals surface area (Å²) >= 11 is 0. The first-order chi connectivity index (χ1) is 7.70. The molecule has 0 aliphatic heterocycles. The van der Waals surface area contributed by atoms with Gasteiger partial charge in [0.25, 0.3) is 0 Å². The Balaban J connectivity index is 4.01. The second-order valence-electron chi connectivity index (χ2n) is 4.81. The average Bonchev–Trinajstić information content (AvgIpc) is 2.15. The van der Waals surface area contributed by atoms with E-state index in [-0.39, 0.29) is 6.61 Å². The largest absolute Gasteiger partial charge is 0.401 e. The lowest BCUT2D eigenvalue weighted by Gasteiger charge is -2.26. The number of alkyl halides is 3. The summed E-state index contributed by atoms with van der Waals surface area (Å²) in [5.74, 6) is 0. The monoisotopic (exact) mass is 256 g/mol. The zero-order valence-electron chi connectivity index (χ0n) is 10.6. The molecule has 0 aromatic heterocycles. The molecular weight excluding hydrogens is 233 g/mol. The number of aliphatic hydroxyl groups is 1. The standard InChI is InChI=1S/C11H23F3N2O/c1-3-6-16(8-11(12,13)14)7-4-5-10(2,15)9-17/h17H,3-9,15H2,1-2H3. The van der Waals surface area contributed by atoms with Crippen molar-refractivity contribution >= 4 is 0 Å². The summed E-state index contributed by atoms with van der Waals surface area (Å²) in [7, 11) is 0.